The molecule has 1 aliphatic rings. The van der Waals surface area contributed by atoms with Crippen LogP contribution in [0.1, 0.15) is 32.3 Å². The van der Waals surface area contributed by atoms with Gasteiger partial charge in [-0.05, 0) is 30.5 Å². The Bertz CT molecular complexity index is 671. The third-order valence-electron chi connectivity index (χ3n) is 4.26. The van der Waals surface area contributed by atoms with Crippen LogP contribution in [0.5, 0.6) is 0 Å². The second-order valence-electron chi connectivity index (χ2n) is 6.64. The molecule has 0 radical (unpaired) electrons. The zero-order valence-corrected chi connectivity index (χ0v) is 15.2. The first-order valence-corrected chi connectivity index (χ1v) is 9.84. The molecule has 0 aliphatic carbocycles. The van der Waals surface area contributed by atoms with Gasteiger partial charge in [0.05, 0.1) is 6.26 Å². The zero-order valence-electron chi connectivity index (χ0n) is 13.7. The van der Waals surface area contributed by atoms with Gasteiger partial charge in [0.25, 0.3) is 0 Å². The topological polar surface area (TPSA) is 66.5 Å². The summed E-state index contributed by atoms with van der Waals surface area (Å²) >= 11 is 5.90. The highest BCUT2D eigenvalue weighted by atomic mass is 35.5. The lowest BCUT2D eigenvalue weighted by Gasteiger charge is -2.28. The smallest absolute Gasteiger partial charge is 0.238 e. The predicted molar refractivity (Wildman–Crippen MR) is 92.1 cm³/mol. The molecule has 1 fully saturated rings. The first kappa shape index (κ1) is 18.2. The number of carbonyl (C=O) groups excluding carboxylic acids is 1. The van der Waals surface area contributed by atoms with Crippen molar-refractivity contribution in [2.75, 3.05) is 19.3 Å². The molecule has 1 saturated heterocycles. The number of benzene rings is 1. The van der Waals surface area contributed by atoms with Gasteiger partial charge in [0.1, 0.15) is 6.04 Å². The summed E-state index contributed by atoms with van der Waals surface area (Å²) in [5, 5.41) is 3.57. The van der Waals surface area contributed by atoms with Crippen molar-refractivity contribution in [3.8, 4) is 0 Å². The fourth-order valence-electron chi connectivity index (χ4n) is 2.83. The summed E-state index contributed by atoms with van der Waals surface area (Å²) in [4.78, 5) is 12.4. The molecule has 2 rings (SSSR count). The van der Waals surface area contributed by atoms with Crippen LogP contribution in [0.2, 0.25) is 5.02 Å². The van der Waals surface area contributed by atoms with Gasteiger partial charge in [-0.3, -0.25) is 4.79 Å². The summed E-state index contributed by atoms with van der Waals surface area (Å²) in [6.07, 6.45) is 2.43. The number of nitrogens with zero attached hydrogens (tertiary/aromatic N) is 1. The van der Waals surface area contributed by atoms with E-state index in [1.165, 1.54) is 4.31 Å². The molecule has 23 heavy (non-hydrogen) atoms. The van der Waals surface area contributed by atoms with E-state index in [1.54, 1.807) is 0 Å². The van der Waals surface area contributed by atoms with E-state index in [1.807, 2.05) is 38.1 Å². The Kier molecular flexibility index (Phi) is 5.38. The average molecular weight is 359 g/mol. The van der Waals surface area contributed by atoms with Gasteiger partial charge in [-0.1, -0.05) is 37.6 Å². The summed E-state index contributed by atoms with van der Waals surface area (Å²) in [6.45, 7) is 4.90. The molecule has 0 bridgehead atoms. The van der Waals surface area contributed by atoms with Crippen molar-refractivity contribution in [3.63, 3.8) is 0 Å². The van der Waals surface area contributed by atoms with E-state index in [0.29, 0.717) is 31.0 Å². The number of sulfonamides is 1. The van der Waals surface area contributed by atoms with E-state index in [-0.39, 0.29) is 11.3 Å². The van der Waals surface area contributed by atoms with Crippen molar-refractivity contribution < 1.29 is 13.2 Å². The molecule has 0 saturated carbocycles. The van der Waals surface area contributed by atoms with Crippen LogP contribution in [0, 0.1) is 0 Å². The first-order valence-electron chi connectivity index (χ1n) is 7.62. The minimum absolute atomic E-state index is 0.227. The van der Waals surface area contributed by atoms with Gasteiger partial charge in [0, 0.05) is 23.5 Å². The third-order valence-corrected chi connectivity index (χ3v) is 5.80. The molecule has 128 valence electrons. The third kappa shape index (κ3) is 4.46. The molecule has 1 atom stereocenters. The Labute approximate surface area is 143 Å². The van der Waals surface area contributed by atoms with E-state index in [2.05, 4.69) is 5.32 Å². The Morgan fingerprint density at radius 3 is 2.52 bits per heavy atom. The van der Waals surface area contributed by atoms with Gasteiger partial charge in [0.2, 0.25) is 15.9 Å². The number of rotatable bonds is 5. The molecule has 1 unspecified atom stereocenters. The van der Waals surface area contributed by atoms with E-state index in [0.717, 1.165) is 11.8 Å². The molecule has 1 heterocycles. The van der Waals surface area contributed by atoms with Gasteiger partial charge in [0.15, 0.2) is 0 Å². The molecule has 5 nitrogen and oxygen atoms in total. The number of nitrogens with one attached hydrogen (secondary N) is 1. The maximum atomic E-state index is 12.4. The van der Waals surface area contributed by atoms with Crippen molar-refractivity contribution in [3.05, 3.63) is 34.9 Å². The van der Waals surface area contributed by atoms with Crippen molar-refractivity contribution in [2.24, 2.45) is 0 Å². The van der Waals surface area contributed by atoms with Crippen molar-refractivity contribution in [2.45, 2.75) is 38.1 Å². The molecule has 0 spiro atoms. The fraction of sp³-hybridized carbons (Fsp3) is 0.562. The van der Waals surface area contributed by atoms with Crippen LogP contribution in [-0.4, -0.2) is 44.0 Å². The van der Waals surface area contributed by atoms with Gasteiger partial charge in [-0.25, -0.2) is 8.42 Å². The Morgan fingerprint density at radius 1 is 1.35 bits per heavy atom. The van der Waals surface area contributed by atoms with Crippen molar-refractivity contribution in [1.29, 1.82) is 0 Å². The van der Waals surface area contributed by atoms with Crippen LogP contribution in [0.4, 0.5) is 0 Å². The molecule has 1 aliphatic heterocycles. The molecule has 1 aromatic carbocycles. The van der Waals surface area contributed by atoms with Crippen LogP contribution < -0.4 is 5.32 Å². The van der Waals surface area contributed by atoms with Crippen LogP contribution in [0.3, 0.4) is 0 Å². The first-order chi connectivity index (χ1) is 10.6. The monoisotopic (exact) mass is 358 g/mol. The van der Waals surface area contributed by atoms with Gasteiger partial charge in [-0.2, -0.15) is 4.31 Å². The van der Waals surface area contributed by atoms with Crippen LogP contribution in [0.15, 0.2) is 24.3 Å². The van der Waals surface area contributed by atoms with E-state index >= 15 is 0 Å². The summed E-state index contributed by atoms with van der Waals surface area (Å²) in [5.41, 5.74) is 0.794. The maximum absolute atomic E-state index is 12.4. The Hall–Kier alpha value is -1.11. The lowest BCUT2D eigenvalue weighted by molar-refractivity contribution is -0.124. The lowest BCUT2D eigenvalue weighted by atomic mass is 9.84. The number of amides is 1. The van der Waals surface area contributed by atoms with E-state index in [4.69, 9.17) is 11.6 Å². The quantitative estimate of drug-likeness (QED) is 0.877. The second-order valence-corrected chi connectivity index (χ2v) is 9.01. The molecule has 0 aromatic heterocycles. The van der Waals surface area contributed by atoms with Crippen LogP contribution in [-0.2, 0) is 20.2 Å². The normalized spacial score (nSPS) is 19.7. The van der Waals surface area contributed by atoms with E-state index in [9.17, 15) is 13.2 Å². The minimum atomic E-state index is -3.35. The van der Waals surface area contributed by atoms with Crippen molar-refractivity contribution >= 4 is 27.5 Å². The molecular formula is C16H23ClN2O3S. The highest BCUT2D eigenvalue weighted by Crippen LogP contribution is 2.25. The Morgan fingerprint density at radius 2 is 1.96 bits per heavy atom. The molecule has 1 N–H and O–H groups in total. The largest absolute Gasteiger partial charge is 0.354 e. The number of hydrogen-bond acceptors (Lipinski definition) is 3. The summed E-state index contributed by atoms with van der Waals surface area (Å²) < 4.78 is 24.8. The summed E-state index contributed by atoms with van der Waals surface area (Å²) in [6, 6.07) is 6.93. The SMILES string of the molecule is CC(C)(CNC(=O)C1CCCN1S(C)(=O)=O)c1ccc(Cl)cc1. The Balaban J connectivity index is 2.02. The molecular weight excluding hydrogens is 336 g/mol. The second kappa shape index (κ2) is 6.79. The van der Waals surface area contributed by atoms with Crippen LogP contribution in [0.25, 0.3) is 0 Å². The predicted octanol–water partition coefficient (Wildman–Crippen LogP) is 2.16. The zero-order chi connectivity index (χ0) is 17.3. The lowest BCUT2D eigenvalue weighted by Crippen LogP contribution is -2.48. The van der Waals surface area contributed by atoms with Gasteiger partial charge >= 0.3 is 0 Å². The average Bonchev–Trinajstić information content (AvgIpc) is 2.95. The highest BCUT2D eigenvalue weighted by Gasteiger charge is 2.36. The van der Waals surface area contributed by atoms with Crippen LogP contribution >= 0.6 is 11.6 Å². The number of hydrogen-bond donors (Lipinski definition) is 1. The molecule has 1 amide bonds. The molecule has 1 aromatic rings. The summed E-state index contributed by atoms with van der Waals surface area (Å²) in [7, 11) is -3.35. The highest BCUT2D eigenvalue weighted by molar-refractivity contribution is 7.88. The summed E-state index contributed by atoms with van der Waals surface area (Å²) in [5.74, 6) is -0.227. The fourth-order valence-corrected chi connectivity index (χ4v) is 4.08. The van der Waals surface area contributed by atoms with Gasteiger partial charge < -0.3 is 5.32 Å². The minimum Gasteiger partial charge on any atom is -0.354 e. The van der Waals surface area contributed by atoms with Crippen molar-refractivity contribution in [1.82, 2.24) is 9.62 Å². The van der Waals surface area contributed by atoms with Gasteiger partial charge in [-0.15, -0.1) is 0 Å². The van der Waals surface area contributed by atoms with E-state index < -0.39 is 16.1 Å². The number of halogens is 1. The number of carbonyl (C=O) groups is 1. The molecule has 7 heteroatoms. The standard InChI is InChI=1S/C16H23ClN2O3S/c1-16(2,12-6-8-13(17)9-7-12)11-18-15(20)14-5-4-10-19(14)23(3,21)22/h6-9,14H,4-5,10-11H2,1-3H3,(H,18,20). The maximum Gasteiger partial charge on any atom is 0.238 e.